The molecule has 2 fully saturated rings. The van der Waals surface area contributed by atoms with E-state index in [4.69, 9.17) is 24.5 Å². The van der Waals surface area contributed by atoms with Crippen LogP contribution in [-0.4, -0.2) is 62.3 Å². The molecule has 1 amide bonds. The van der Waals surface area contributed by atoms with Gasteiger partial charge in [0.25, 0.3) is 5.91 Å². The van der Waals surface area contributed by atoms with Crippen molar-refractivity contribution in [3.05, 3.63) is 35.5 Å². The van der Waals surface area contributed by atoms with Crippen molar-refractivity contribution in [2.45, 2.75) is 32.7 Å². The highest BCUT2D eigenvalue weighted by Gasteiger charge is 2.35. The van der Waals surface area contributed by atoms with E-state index in [9.17, 15) is 14.9 Å². The summed E-state index contributed by atoms with van der Waals surface area (Å²) in [4.78, 5) is 24.3. The summed E-state index contributed by atoms with van der Waals surface area (Å²) in [5.41, 5.74) is 7.65. The number of nitrogens with two attached hydrogens (primary N) is 1. The van der Waals surface area contributed by atoms with E-state index in [2.05, 4.69) is 30.3 Å². The molecular formula is C24H30BN5O6. The van der Waals surface area contributed by atoms with Gasteiger partial charge in [0.15, 0.2) is 5.82 Å². The highest BCUT2D eigenvalue weighted by Crippen LogP contribution is 2.29. The predicted molar refractivity (Wildman–Crippen MR) is 131 cm³/mol. The largest absolute Gasteiger partial charge is 0.494 e. The van der Waals surface area contributed by atoms with Crippen molar-refractivity contribution in [2.24, 2.45) is 17.1 Å². The quantitative estimate of drug-likeness (QED) is 0.428. The Hall–Kier alpha value is -3.40. The molecule has 0 radical (unpaired) electrons. The molecule has 0 unspecified atom stereocenters. The van der Waals surface area contributed by atoms with Gasteiger partial charge < -0.3 is 29.8 Å². The van der Waals surface area contributed by atoms with Gasteiger partial charge in [-0.3, -0.25) is 14.3 Å². The molecule has 0 spiro atoms. The number of ether oxygens (including phenoxy) is 2. The van der Waals surface area contributed by atoms with E-state index in [0.29, 0.717) is 44.1 Å². The molecule has 2 aliphatic heterocycles. The lowest BCUT2D eigenvalue weighted by Crippen LogP contribution is -2.48. The number of hydrogen-bond acceptors (Lipinski definition) is 9. The summed E-state index contributed by atoms with van der Waals surface area (Å²) in [7, 11) is 0.719. The molecular weight excluding hydrogens is 465 g/mol. The second-order valence-electron chi connectivity index (χ2n) is 9.81. The number of benzene rings is 1. The molecule has 0 saturated carbocycles. The number of amides is 1. The van der Waals surface area contributed by atoms with Gasteiger partial charge in [0.2, 0.25) is 0 Å². The van der Waals surface area contributed by atoms with Crippen LogP contribution in [0.3, 0.4) is 0 Å². The average Bonchev–Trinajstić information content (AvgIpc) is 3.28. The molecule has 4 rings (SSSR count). The van der Waals surface area contributed by atoms with E-state index in [1.165, 1.54) is 13.3 Å². The van der Waals surface area contributed by atoms with Crippen molar-refractivity contribution in [3.63, 3.8) is 0 Å². The van der Waals surface area contributed by atoms with Crippen molar-refractivity contribution in [2.75, 3.05) is 38.9 Å². The van der Waals surface area contributed by atoms with Gasteiger partial charge in [-0.1, -0.05) is 19.9 Å². The van der Waals surface area contributed by atoms with Gasteiger partial charge in [0.1, 0.15) is 5.56 Å². The Bertz CT molecular complexity index is 1170. The zero-order valence-electron chi connectivity index (χ0n) is 20.7. The lowest BCUT2D eigenvalue weighted by molar-refractivity contribution is -0.139. The molecule has 190 valence electrons. The van der Waals surface area contributed by atoms with Crippen molar-refractivity contribution < 1.29 is 28.4 Å². The first-order valence-electron chi connectivity index (χ1n) is 11.8. The molecule has 3 heterocycles. The smallest absolute Gasteiger partial charge is 0.469 e. The fourth-order valence-electron chi connectivity index (χ4n) is 4.27. The summed E-state index contributed by atoms with van der Waals surface area (Å²) in [6, 6.07) is 7.32. The van der Waals surface area contributed by atoms with E-state index in [1.807, 2.05) is 6.07 Å². The Morgan fingerprint density at radius 1 is 1.36 bits per heavy atom. The van der Waals surface area contributed by atoms with Gasteiger partial charge in [0, 0.05) is 37.1 Å². The number of rotatable bonds is 7. The third kappa shape index (κ3) is 5.70. The van der Waals surface area contributed by atoms with Crippen LogP contribution < -0.4 is 16.5 Å². The second kappa shape index (κ2) is 10.7. The first-order valence-corrected chi connectivity index (χ1v) is 11.8. The first-order chi connectivity index (χ1) is 17.2. The molecule has 0 aliphatic carbocycles. The lowest BCUT2D eigenvalue weighted by Gasteiger charge is -2.33. The number of aromatic nitrogens is 2. The fourth-order valence-corrected chi connectivity index (χ4v) is 4.27. The maximum Gasteiger partial charge on any atom is 0.494 e. The molecule has 1 aromatic heterocycles. The van der Waals surface area contributed by atoms with Crippen LogP contribution in [0.5, 0.6) is 0 Å². The van der Waals surface area contributed by atoms with Crippen LogP contribution in [0.25, 0.3) is 0 Å². The van der Waals surface area contributed by atoms with E-state index in [-0.39, 0.29) is 35.2 Å². The van der Waals surface area contributed by atoms with E-state index < -0.39 is 19.0 Å². The van der Waals surface area contributed by atoms with Crippen molar-refractivity contribution in [3.8, 4) is 6.07 Å². The van der Waals surface area contributed by atoms with Gasteiger partial charge in [-0.05, 0) is 29.6 Å². The summed E-state index contributed by atoms with van der Waals surface area (Å²) in [6.07, 6.45) is 2.12. The van der Waals surface area contributed by atoms with Crippen LogP contribution in [-0.2, 0) is 30.0 Å². The maximum absolute atomic E-state index is 12.2. The monoisotopic (exact) mass is 495 g/mol. The number of nitrogens with one attached hydrogen (secondary N) is 1. The Morgan fingerprint density at radius 3 is 2.78 bits per heavy atom. The number of esters is 1. The Morgan fingerprint density at radius 2 is 2.11 bits per heavy atom. The number of nitrogens with zero attached hydrogens (tertiary/aromatic N) is 3. The Labute approximate surface area is 210 Å². The molecule has 2 atom stereocenters. The van der Waals surface area contributed by atoms with Crippen LogP contribution in [0.4, 0.5) is 11.5 Å². The second-order valence-corrected chi connectivity index (χ2v) is 9.81. The van der Waals surface area contributed by atoms with Crippen LogP contribution in [0.15, 0.2) is 24.4 Å². The highest BCUT2D eigenvalue weighted by atomic mass is 16.6. The minimum absolute atomic E-state index is 0.00828. The van der Waals surface area contributed by atoms with E-state index in [1.54, 1.807) is 16.8 Å². The number of carbonyl (C=O) groups is 2. The molecule has 2 aliphatic rings. The maximum atomic E-state index is 12.2. The molecule has 12 heteroatoms. The van der Waals surface area contributed by atoms with Crippen molar-refractivity contribution >= 4 is 36.0 Å². The first kappa shape index (κ1) is 25.7. The van der Waals surface area contributed by atoms with Crippen LogP contribution in [0.2, 0.25) is 0 Å². The molecule has 1 aromatic carbocycles. The summed E-state index contributed by atoms with van der Waals surface area (Å²) in [5.74, 6) is -1.12. The number of nitriles is 1. The molecule has 0 bridgehead atoms. The van der Waals surface area contributed by atoms with Gasteiger partial charge in [0.05, 0.1) is 38.2 Å². The summed E-state index contributed by atoms with van der Waals surface area (Å²) in [6.45, 7) is 5.96. The minimum atomic E-state index is -0.660. The number of anilines is 2. The standard InChI is InChI=1S/C24H30BN5O6/c1-24(2)13-35-25(36-14-24)19-5-4-17(8-16(19)9-21(31)33-3)28-23-18(22(27)32)11-30(29-23)20-12-34-7-6-15(20)10-26/h4-5,8,11,15,20H,6-7,9,12-14H2,1-3H3,(H2,27,32)(H,28,29)/t15-,20+/m1/s1. The third-order valence-corrected chi connectivity index (χ3v) is 6.30. The Balaban J connectivity index is 1.63. The van der Waals surface area contributed by atoms with Gasteiger partial charge >= 0.3 is 13.1 Å². The SMILES string of the molecule is COC(=O)Cc1cc(Nc2nn([C@H]3COCC[C@@H]3C#N)cc2C(N)=O)ccc1B1OCC(C)(C)CO1. The zero-order chi connectivity index (χ0) is 25.9. The minimum Gasteiger partial charge on any atom is -0.469 e. The summed E-state index contributed by atoms with van der Waals surface area (Å²) in [5, 5.41) is 17.2. The fraction of sp³-hybridized carbons (Fsp3) is 0.500. The molecule has 3 N–H and O–H groups in total. The van der Waals surface area contributed by atoms with Crippen LogP contribution in [0, 0.1) is 22.7 Å². The lowest BCUT2D eigenvalue weighted by atomic mass is 9.72. The van der Waals surface area contributed by atoms with E-state index >= 15 is 0 Å². The van der Waals surface area contributed by atoms with Crippen molar-refractivity contribution in [1.29, 1.82) is 5.26 Å². The topological polar surface area (TPSA) is 151 Å². The normalized spacial score (nSPS) is 21.4. The predicted octanol–water partition coefficient (Wildman–Crippen LogP) is 1.31. The van der Waals surface area contributed by atoms with Crippen LogP contribution >= 0.6 is 0 Å². The zero-order valence-corrected chi connectivity index (χ0v) is 20.7. The van der Waals surface area contributed by atoms with Crippen LogP contribution in [0.1, 0.15) is 42.2 Å². The van der Waals surface area contributed by atoms with E-state index in [0.717, 1.165) is 5.46 Å². The van der Waals surface area contributed by atoms with Gasteiger partial charge in [-0.2, -0.15) is 10.4 Å². The van der Waals surface area contributed by atoms with Crippen molar-refractivity contribution in [1.82, 2.24) is 9.78 Å². The molecule has 36 heavy (non-hydrogen) atoms. The number of hydrogen-bond donors (Lipinski definition) is 2. The average molecular weight is 495 g/mol. The molecule has 2 saturated heterocycles. The number of carbonyl (C=O) groups excluding carboxylic acids is 2. The van der Waals surface area contributed by atoms with Gasteiger partial charge in [-0.15, -0.1) is 0 Å². The number of primary amides is 1. The number of methoxy groups -OCH3 is 1. The third-order valence-electron chi connectivity index (χ3n) is 6.30. The Kier molecular flexibility index (Phi) is 7.63. The highest BCUT2D eigenvalue weighted by molar-refractivity contribution is 6.62. The van der Waals surface area contributed by atoms with Gasteiger partial charge in [-0.25, -0.2) is 0 Å². The molecule has 11 nitrogen and oxygen atoms in total. The summed E-state index contributed by atoms with van der Waals surface area (Å²) >= 11 is 0. The summed E-state index contributed by atoms with van der Waals surface area (Å²) < 4.78 is 23.8. The molecule has 2 aromatic rings.